The minimum absolute atomic E-state index is 0.136. The van der Waals surface area contributed by atoms with Crippen LogP contribution in [0.15, 0.2) is 18.2 Å². The lowest BCUT2D eigenvalue weighted by atomic mass is 10.1. The predicted octanol–water partition coefficient (Wildman–Crippen LogP) is 2.47. The molecular formula is C16H21F3N2O4S. The average molecular weight is 394 g/mol. The van der Waals surface area contributed by atoms with Gasteiger partial charge in [0.2, 0.25) is 5.91 Å². The largest absolute Gasteiger partial charge is 0.489 e. The lowest BCUT2D eigenvalue weighted by Crippen LogP contribution is -2.43. The van der Waals surface area contributed by atoms with Crippen LogP contribution in [0, 0.1) is 5.82 Å². The number of carbonyl (C=O) groups excluding carboxylic acids is 1. The van der Waals surface area contributed by atoms with Gasteiger partial charge in [-0.25, -0.2) is 17.5 Å². The van der Waals surface area contributed by atoms with E-state index < -0.39 is 27.1 Å². The van der Waals surface area contributed by atoms with Crippen molar-refractivity contribution in [1.29, 1.82) is 0 Å². The Hall–Kier alpha value is -1.81. The van der Waals surface area contributed by atoms with Crippen LogP contribution in [0.2, 0.25) is 0 Å². The third-order valence-electron chi connectivity index (χ3n) is 4.10. The Morgan fingerprint density at radius 2 is 2.00 bits per heavy atom. The fourth-order valence-corrected chi connectivity index (χ4v) is 3.27. The highest BCUT2D eigenvalue weighted by molar-refractivity contribution is 7.89. The van der Waals surface area contributed by atoms with Crippen molar-refractivity contribution >= 4 is 15.9 Å². The molecule has 1 aliphatic rings. The fourth-order valence-electron chi connectivity index (χ4n) is 2.32. The van der Waals surface area contributed by atoms with E-state index in [0.29, 0.717) is 24.8 Å². The molecule has 6 nitrogen and oxygen atoms in total. The highest BCUT2D eigenvalue weighted by Crippen LogP contribution is 2.37. The summed E-state index contributed by atoms with van der Waals surface area (Å²) in [5.41, 5.74) is -0.541. The minimum atomic E-state index is -4.75. The van der Waals surface area contributed by atoms with Gasteiger partial charge >= 0.3 is 5.76 Å². The molecule has 1 fully saturated rings. The first-order valence-corrected chi connectivity index (χ1v) is 9.66. The smallest absolute Gasteiger partial charge is 0.350 e. The maximum atomic E-state index is 14.0. The van der Waals surface area contributed by atoms with Crippen LogP contribution < -0.4 is 14.8 Å². The monoisotopic (exact) mass is 394 g/mol. The van der Waals surface area contributed by atoms with Gasteiger partial charge in [-0.05, 0) is 37.5 Å². The number of rotatable bonds is 9. The molecule has 1 aromatic carbocycles. The van der Waals surface area contributed by atoms with E-state index in [4.69, 9.17) is 4.74 Å². The summed E-state index contributed by atoms with van der Waals surface area (Å²) in [6, 6.07) is 3.68. The zero-order valence-corrected chi connectivity index (χ0v) is 15.2. The number of ether oxygens (including phenoxy) is 1. The van der Waals surface area contributed by atoms with E-state index >= 15 is 0 Å². The molecule has 0 bridgehead atoms. The zero-order chi connectivity index (χ0) is 19.5. The first-order valence-electron chi connectivity index (χ1n) is 8.11. The van der Waals surface area contributed by atoms with Gasteiger partial charge in [0.25, 0.3) is 10.0 Å². The molecule has 1 aromatic rings. The molecule has 26 heavy (non-hydrogen) atoms. The van der Waals surface area contributed by atoms with E-state index in [0.717, 1.165) is 0 Å². The van der Waals surface area contributed by atoms with E-state index in [1.165, 1.54) is 18.2 Å². The molecule has 0 radical (unpaired) electrons. The molecule has 1 saturated carbocycles. The Morgan fingerprint density at radius 1 is 1.35 bits per heavy atom. The zero-order valence-electron chi connectivity index (χ0n) is 14.4. The molecule has 1 atom stereocenters. The third-order valence-corrected chi connectivity index (χ3v) is 5.29. The van der Waals surface area contributed by atoms with Crippen molar-refractivity contribution in [2.75, 3.05) is 6.61 Å². The number of sulfonamides is 1. The minimum Gasteiger partial charge on any atom is -0.489 e. The lowest BCUT2D eigenvalue weighted by molar-refractivity contribution is -0.121. The maximum Gasteiger partial charge on any atom is 0.350 e. The van der Waals surface area contributed by atoms with Crippen LogP contribution in [-0.4, -0.2) is 32.2 Å². The van der Waals surface area contributed by atoms with Crippen LogP contribution in [0.25, 0.3) is 0 Å². The summed E-state index contributed by atoms with van der Waals surface area (Å²) in [6.45, 7) is 3.16. The second-order valence-electron chi connectivity index (χ2n) is 6.31. The van der Waals surface area contributed by atoms with E-state index in [1.54, 1.807) is 13.8 Å². The number of nitrogens with one attached hydrogen (secondary N) is 2. The normalized spacial score (nSPS) is 17.0. The highest BCUT2D eigenvalue weighted by atomic mass is 32.2. The first-order chi connectivity index (χ1) is 12.1. The number of amides is 1. The van der Waals surface area contributed by atoms with Gasteiger partial charge in [0.1, 0.15) is 6.61 Å². The number of halogens is 3. The molecule has 0 spiro atoms. The van der Waals surface area contributed by atoms with E-state index in [9.17, 15) is 26.4 Å². The topological polar surface area (TPSA) is 84.5 Å². The Kier molecular flexibility index (Phi) is 6.17. The second-order valence-corrected chi connectivity index (χ2v) is 7.96. The Morgan fingerprint density at radius 3 is 2.54 bits per heavy atom. The van der Waals surface area contributed by atoms with Crippen LogP contribution in [0.3, 0.4) is 0 Å². The summed E-state index contributed by atoms with van der Waals surface area (Å²) < 4.78 is 68.8. The molecule has 2 N–H and O–H groups in total. The molecular weight excluding hydrogens is 373 g/mol. The summed E-state index contributed by atoms with van der Waals surface area (Å²) >= 11 is 0. The van der Waals surface area contributed by atoms with Gasteiger partial charge in [0.05, 0.1) is 11.6 Å². The number of hydrogen-bond acceptors (Lipinski definition) is 4. The van der Waals surface area contributed by atoms with E-state index in [1.807, 2.05) is 4.72 Å². The summed E-state index contributed by atoms with van der Waals surface area (Å²) in [5.74, 6) is -4.51. The SMILES string of the molecule is CCC(=O)NC(C)c1ccc(F)c(OCC2(NS(=O)(=O)C(F)F)CC2)c1. The van der Waals surface area contributed by atoms with Crippen molar-refractivity contribution < 1.29 is 31.1 Å². The molecule has 146 valence electrons. The van der Waals surface area contributed by atoms with Crippen molar-refractivity contribution in [2.24, 2.45) is 0 Å². The first kappa shape index (κ1) is 20.5. The molecule has 1 amide bonds. The number of benzene rings is 1. The molecule has 1 aliphatic carbocycles. The Bertz CT molecular complexity index is 767. The van der Waals surface area contributed by atoms with Gasteiger partial charge in [0, 0.05) is 6.42 Å². The van der Waals surface area contributed by atoms with Crippen molar-refractivity contribution in [3.05, 3.63) is 29.6 Å². The number of alkyl halides is 2. The third kappa shape index (κ3) is 5.10. The molecule has 10 heteroatoms. The summed E-state index contributed by atoms with van der Waals surface area (Å²) in [6.07, 6.45) is 0.953. The number of carbonyl (C=O) groups is 1. The van der Waals surface area contributed by atoms with Gasteiger partial charge in [0.15, 0.2) is 11.6 Å². The van der Waals surface area contributed by atoms with Gasteiger partial charge < -0.3 is 10.1 Å². The van der Waals surface area contributed by atoms with Crippen molar-refractivity contribution in [3.8, 4) is 5.75 Å². The van der Waals surface area contributed by atoms with Crippen molar-refractivity contribution in [2.45, 2.75) is 50.4 Å². The highest BCUT2D eigenvalue weighted by Gasteiger charge is 2.48. The molecule has 1 unspecified atom stereocenters. The van der Waals surface area contributed by atoms with Crippen LogP contribution in [0.5, 0.6) is 5.75 Å². The van der Waals surface area contributed by atoms with Crippen LogP contribution in [0.1, 0.15) is 44.7 Å². The van der Waals surface area contributed by atoms with Crippen molar-refractivity contribution in [1.82, 2.24) is 10.0 Å². The molecule has 2 rings (SSSR count). The van der Waals surface area contributed by atoms with E-state index in [-0.39, 0.29) is 24.3 Å². The van der Waals surface area contributed by atoms with E-state index in [2.05, 4.69) is 5.32 Å². The van der Waals surface area contributed by atoms with Crippen molar-refractivity contribution in [3.63, 3.8) is 0 Å². The standard InChI is InChI=1S/C16H21F3N2O4S/c1-3-14(22)20-10(2)11-4-5-12(17)13(8-11)25-9-16(6-7-16)21-26(23,24)15(18)19/h4-5,8,10,15,21H,3,6-7,9H2,1-2H3,(H,20,22). The van der Waals surface area contributed by atoms with Gasteiger partial charge in [-0.3, -0.25) is 4.79 Å². The fraction of sp³-hybridized carbons (Fsp3) is 0.562. The molecule has 0 heterocycles. The lowest BCUT2D eigenvalue weighted by Gasteiger charge is -2.19. The van der Waals surface area contributed by atoms with Crippen LogP contribution in [0.4, 0.5) is 13.2 Å². The van der Waals surface area contributed by atoms with Crippen LogP contribution in [-0.2, 0) is 14.8 Å². The summed E-state index contributed by atoms with van der Waals surface area (Å²) in [4.78, 5) is 11.5. The molecule has 0 aliphatic heterocycles. The summed E-state index contributed by atoms with van der Waals surface area (Å²) in [5, 5.41) is 2.73. The number of hydrogen-bond donors (Lipinski definition) is 2. The van der Waals surface area contributed by atoms with Crippen LogP contribution >= 0.6 is 0 Å². The Labute approximate surface area is 150 Å². The predicted molar refractivity (Wildman–Crippen MR) is 88.8 cm³/mol. The average Bonchev–Trinajstić information content (AvgIpc) is 3.32. The quantitative estimate of drug-likeness (QED) is 0.674. The summed E-state index contributed by atoms with van der Waals surface area (Å²) in [7, 11) is -4.75. The molecule has 0 saturated heterocycles. The van der Waals surface area contributed by atoms with Gasteiger partial charge in [-0.2, -0.15) is 8.78 Å². The van der Waals surface area contributed by atoms with Gasteiger partial charge in [-0.1, -0.05) is 13.0 Å². The molecule has 0 aromatic heterocycles. The van der Waals surface area contributed by atoms with Gasteiger partial charge in [-0.15, -0.1) is 0 Å². The second kappa shape index (κ2) is 7.83. The Balaban J connectivity index is 2.05. The maximum absolute atomic E-state index is 14.0.